The minimum Gasteiger partial charge on any atom is -0.481 e. The fourth-order valence-corrected chi connectivity index (χ4v) is 3.13. The van der Waals surface area contributed by atoms with Crippen LogP contribution in [0.2, 0.25) is 0 Å². The molecule has 1 aliphatic carbocycles. The minimum absolute atomic E-state index is 0.144. The summed E-state index contributed by atoms with van der Waals surface area (Å²) in [5.74, 6) is 0.643. The van der Waals surface area contributed by atoms with Crippen molar-refractivity contribution in [3.05, 3.63) is 22.2 Å². The van der Waals surface area contributed by atoms with Gasteiger partial charge in [-0.2, -0.15) is 0 Å². The van der Waals surface area contributed by atoms with Crippen LogP contribution < -0.4 is 9.47 Å². The zero-order valence-electron chi connectivity index (χ0n) is 9.03. The summed E-state index contributed by atoms with van der Waals surface area (Å²) < 4.78 is 11.7. The quantitative estimate of drug-likeness (QED) is 0.932. The zero-order valence-corrected chi connectivity index (χ0v) is 10.6. The molecule has 0 bridgehead atoms. The number of ether oxygens (including phenoxy) is 2. The maximum Gasteiger partial charge on any atom is 0.304 e. The number of carboxylic acids is 1. The van der Waals surface area contributed by atoms with Crippen molar-refractivity contribution in [2.24, 2.45) is 0 Å². The van der Waals surface area contributed by atoms with Gasteiger partial charge in [0.2, 0.25) is 6.79 Å². The van der Waals surface area contributed by atoms with E-state index in [-0.39, 0.29) is 18.6 Å². The Morgan fingerprint density at radius 2 is 2.18 bits per heavy atom. The summed E-state index contributed by atoms with van der Waals surface area (Å²) in [7, 11) is 0. The Morgan fingerprint density at radius 1 is 1.41 bits per heavy atom. The first-order valence-corrected chi connectivity index (χ1v) is 6.22. The Hall–Kier alpha value is -1.23. The van der Waals surface area contributed by atoms with Crippen LogP contribution in [-0.2, 0) is 10.2 Å². The second-order valence-corrected chi connectivity index (χ2v) is 5.36. The number of fused-ring (bicyclic) bond motifs is 1. The van der Waals surface area contributed by atoms with Gasteiger partial charge in [-0.05, 0) is 25.0 Å². The van der Waals surface area contributed by atoms with E-state index in [2.05, 4.69) is 15.9 Å². The van der Waals surface area contributed by atoms with Crippen LogP contribution in [0.4, 0.5) is 0 Å². The van der Waals surface area contributed by atoms with E-state index >= 15 is 0 Å². The van der Waals surface area contributed by atoms with E-state index in [0.717, 1.165) is 22.9 Å². The van der Waals surface area contributed by atoms with Gasteiger partial charge in [-0.1, -0.05) is 15.9 Å². The molecule has 1 heterocycles. The molecule has 5 heteroatoms. The lowest BCUT2D eigenvalue weighted by Gasteiger charge is -2.17. The van der Waals surface area contributed by atoms with Crippen LogP contribution in [0.25, 0.3) is 0 Å². The van der Waals surface area contributed by atoms with Crippen LogP contribution in [0.15, 0.2) is 16.6 Å². The summed E-state index contributed by atoms with van der Waals surface area (Å²) in [4.78, 5) is 11.0. The number of hydrogen-bond acceptors (Lipinski definition) is 3. The first kappa shape index (κ1) is 10.9. The lowest BCUT2D eigenvalue weighted by atomic mass is 9.91. The molecular weight excluding hydrogens is 288 g/mol. The van der Waals surface area contributed by atoms with Gasteiger partial charge >= 0.3 is 5.97 Å². The molecule has 2 aliphatic rings. The Morgan fingerprint density at radius 3 is 2.82 bits per heavy atom. The molecule has 1 N–H and O–H groups in total. The van der Waals surface area contributed by atoms with Gasteiger partial charge in [-0.15, -0.1) is 0 Å². The number of benzene rings is 1. The van der Waals surface area contributed by atoms with Gasteiger partial charge in [-0.3, -0.25) is 4.79 Å². The fraction of sp³-hybridized carbons (Fsp3) is 0.417. The van der Waals surface area contributed by atoms with Gasteiger partial charge < -0.3 is 14.6 Å². The molecule has 0 unspecified atom stereocenters. The molecular formula is C12H11BrO4. The van der Waals surface area contributed by atoms with E-state index in [1.807, 2.05) is 12.1 Å². The van der Waals surface area contributed by atoms with E-state index in [1.54, 1.807) is 0 Å². The summed E-state index contributed by atoms with van der Waals surface area (Å²) in [6.07, 6.45) is 1.92. The lowest BCUT2D eigenvalue weighted by molar-refractivity contribution is -0.137. The van der Waals surface area contributed by atoms with Crippen molar-refractivity contribution in [1.29, 1.82) is 0 Å². The van der Waals surface area contributed by atoms with Gasteiger partial charge in [0, 0.05) is 15.5 Å². The van der Waals surface area contributed by atoms with Gasteiger partial charge in [-0.25, -0.2) is 0 Å². The summed E-state index contributed by atoms with van der Waals surface area (Å²) in [6, 6.07) is 3.73. The second-order valence-electron chi connectivity index (χ2n) is 4.51. The SMILES string of the molecule is O=C(O)CC1(c2c(Br)ccc3c2OCO3)CC1. The van der Waals surface area contributed by atoms with Crippen molar-refractivity contribution >= 4 is 21.9 Å². The Balaban J connectivity index is 2.09. The molecule has 1 fully saturated rings. The fourth-order valence-electron chi connectivity index (χ4n) is 2.40. The van der Waals surface area contributed by atoms with Crippen LogP contribution in [0, 0.1) is 0 Å². The number of aliphatic carboxylic acids is 1. The molecule has 4 nitrogen and oxygen atoms in total. The third-order valence-electron chi connectivity index (χ3n) is 3.36. The first-order valence-electron chi connectivity index (χ1n) is 5.43. The highest BCUT2D eigenvalue weighted by Gasteiger charge is 2.50. The predicted molar refractivity (Wildman–Crippen MR) is 63.4 cm³/mol. The molecule has 1 aromatic carbocycles. The molecule has 0 spiro atoms. The molecule has 0 saturated heterocycles. The average molecular weight is 299 g/mol. The highest BCUT2D eigenvalue weighted by atomic mass is 79.9. The monoisotopic (exact) mass is 298 g/mol. The maximum absolute atomic E-state index is 11.0. The number of rotatable bonds is 3. The van der Waals surface area contributed by atoms with Crippen molar-refractivity contribution in [3.8, 4) is 11.5 Å². The van der Waals surface area contributed by atoms with E-state index in [4.69, 9.17) is 14.6 Å². The van der Waals surface area contributed by atoms with Gasteiger partial charge in [0.1, 0.15) is 0 Å². The lowest BCUT2D eigenvalue weighted by Crippen LogP contribution is -2.14. The second kappa shape index (κ2) is 3.63. The molecule has 1 aromatic rings. The molecule has 0 atom stereocenters. The van der Waals surface area contributed by atoms with Crippen LogP contribution >= 0.6 is 15.9 Å². The number of carboxylic acid groups (broad SMARTS) is 1. The molecule has 17 heavy (non-hydrogen) atoms. The highest BCUT2D eigenvalue weighted by Crippen LogP contribution is 2.58. The van der Waals surface area contributed by atoms with Crippen LogP contribution in [0.1, 0.15) is 24.8 Å². The van der Waals surface area contributed by atoms with E-state index < -0.39 is 5.97 Å². The largest absolute Gasteiger partial charge is 0.481 e. The first-order chi connectivity index (χ1) is 8.12. The number of hydrogen-bond donors (Lipinski definition) is 1. The Labute approximate surface area is 107 Å². The van der Waals surface area contributed by atoms with Crippen LogP contribution in [0.5, 0.6) is 11.5 Å². The predicted octanol–water partition coefficient (Wildman–Crippen LogP) is 2.68. The van der Waals surface area contributed by atoms with Crippen LogP contribution in [0.3, 0.4) is 0 Å². The van der Waals surface area contributed by atoms with E-state index in [1.165, 1.54) is 0 Å². The van der Waals surface area contributed by atoms with Crippen molar-refractivity contribution in [1.82, 2.24) is 0 Å². The molecule has 1 saturated carbocycles. The van der Waals surface area contributed by atoms with Gasteiger partial charge in [0.25, 0.3) is 0 Å². The van der Waals surface area contributed by atoms with Crippen LogP contribution in [-0.4, -0.2) is 17.9 Å². The summed E-state index contributed by atoms with van der Waals surface area (Å²) in [5, 5.41) is 9.00. The number of halogens is 1. The van der Waals surface area contributed by atoms with E-state index in [0.29, 0.717) is 11.5 Å². The third-order valence-corrected chi connectivity index (χ3v) is 4.02. The summed E-state index contributed by atoms with van der Waals surface area (Å²) in [6.45, 7) is 0.210. The standard InChI is InChI=1S/C12H11BrO4/c13-7-1-2-8-11(17-6-16-8)10(7)12(3-4-12)5-9(14)15/h1-2H,3-6H2,(H,14,15). The molecule has 0 amide bonds. The van der Waals surface area contributed by atoms with E-state index in [9.17, 15) is 4.79 Å². The molecule has 0 aromatic heterocycles. The summed E-state index contributed by atoms with van der Waals surface area (Å²) >= 11 is 3.49. The normalized spacial score (nSPS) is 19.1. The topological polar surface area (TPSA) is 55.8 Å². The number of carbonyl (C=O) groups is 1. The molecule has 1 aliphatic heterocycles. The third kappa shape index (κ3) is 1.69. The summed E-state index contributed by atoms with van der Waals surface area (Å²) in [5.41, 5.74) is 0.680. The molecule has 3 rings (SSSR count). The van der Waals surface area contributed by atoms with Crippen molar-refractivity contribution in [2.75, 3.05) is 6.79 Å². The molecule has 0 radical (unpaired) electrons. The zero-order chi connectivity index (χ0) is 12.0. The van der Waals surface area contributed by atoms with Crippen molar-refractivity contribution in [3.63, 3.8) is 0 Å². The molecule has 90 valence electrons. The minimum atomic E-state index is -0.772. The average Bonchev–Trinajstić information content (AvgIpc) is 2.87. The highest BCUT2D eigenvalue weighted by molar-refractivity contribution is 9.10. The maximum atomic E-state index is 11.0. The smallest absolute Gasteiger partial charge is 0.304 e. The Kier molecular flexibility index (Phi) is 2.33. The van der Waals surface area contributed by atoms with Crippen molar-refractivity contribution in [2.45, 2.75) is 24.7 Å². The van der Waals surface area contributed by atoms with Gasteiger partial charge in [0.15, 0.2) is 11.5 Å². The van der Waals surface area contributed by atoms with Gasteiger partial charge in [0.05, 0.1) is 6.42 Å². The Bertz CT molecular complexity index is 494. The van der Waals surface area contributed by atoms with Crippen molar-refractivity contribution < 1.29 is 19.4 Å².